The summed E-state index contributed by atoms with van der Waals surface area (Å²) in [6.45, 7) is 6.38. The van der Waals surface area contributed by atoms with Gasteiger partial charge in [-0.05, 0) is 68.9 Å². The number of hydrogen-bond donors (Lipinski definition) is 0. The Morgan fingerprint density at radius 2 is 1.65 bits per heavy atom. The van der Waals surface area contributed by atoms with Gasteiger partial charge in [0.2, 0.25) is 15.9 Å². The zero-order valence-corrected chi connectivity index (χ0v) is 22.8. The maximum Gasteiger partial charge on any atom is 0.243 e. The quantitative estimate of drug-likeness (QED) is 0.396. The van der Waals surface area contributed by atoms with E-state index in [4.69, 9.17) is 14.7 Å². The van der Waals surface area contributed by atoms with Gasteiger partial charge >= 0.3 is 0 Å². The maximum atomic E-state index is 13.2. The molecule has 3 aromatic rings. The molecule has 198 valence electrons. The molecule has 0 N–H and O–H groups in total. The predicted octanol–water partition coefficient (Wildman–Crippen LogP) is 5.36. The molecule has 2 aliphatic rings. The Kier molecular flexibility index (Phi) is 8.07. The third-order valence-electron chi connectivity index (χ3n) is 7.71. The maximum absolute atomic E-state index is 13.2. The molecule has 1 aliphatic carbocycles. The first-order valence-corrected chi connectivity index (χ1v) is 15.2. The molecule has 2 fully saturated rings. The van der Waals surface area contributed by atoms with Crippen LogP contribution in [-0.4, -0.2) is 59.9 Å². The number of sulfonamides is 1. The zero-order valence-electron chi connectivity index (χ0n) is 22.0. The first kappa shape index (κ1) is 26.1. The van der Waals surface area contributed by atoms with Gasteiger partial charge in [0.15, 0.2) is 0 Å². The van der Waals surface area contributed by atoms with Crippen molar-refractivity contribution in [1.29, 1.82) is 0 Å². The van der Waals surface area contributed by atoms with E-state index in [1.807, 2.05) is 36.4 Å². The van der Waals surface area contributed by atoms with Crippen LogP contribution in [0.4, 0.5) is 0 Å². The summed E-state index contributed by atoms with van der Waals surface area (Å²) in [5, 5.41) is 0.949. The van der Waals surface area contributed by atoms with Crippen LogP contribution in [0, 0.1) is 0 Å². The van der Waals surface area contributed by atoms with Crippen LogP contribution >= 0.6 is 0 Å². The van der Waals surface area contributed by atoms with Gasteiger partial charge in [0.05, 0.1) is 21.8 Å². The Morgan fingerprint density at radius 1 is 0.946 bits per heavy atom. The second-order valence-corrected chi connectivity index (χ2v) is 12.2. The molecule has 1 unspecified atom stereocenters. The molecule has 7 nitrogen and oxygen atoms in total. The van der Waals surface area contributed by atoms with E-state index in [1.54, 1.807) is 16.4 Å². The van der Waals surface area contributed by atoms with Crippen LogP contribution in [0.3, 0.4) is 0 Å². The zero-order chi connectivity index (χ0) is 25.8. The van der Waals surface area contributed by atoms with Gasteiger partial charge in [-0.2, -0.15) is 9.29 Å². The summed E-state index contributed by atoms with van der Waals surface area (Å²) in [5.74, 6) is 1.40. The number of fused-ring (bicyclic) bond motifs is 1. The highest BCUT2D eigenvalue weighted by Gasteiger charge is 2.31. The normalized spacial score (nSPS) is 19.2. The first-order chi connectivity index (χ1) is 18.0. The van der Waals surface area contributed by atoms with Crippen molar-refractivity contribution < 1.29 is 13.2 Å². The second-order valence-electron chi connectivity index (χ2n) is 10.3. The predicted molar refractivity (Wildman–Crippen MR) is 146 cm³/mol. The number of benzene rings is 2. The Balaban J connectivity index is 1.29. The minimum atomic E-state index is -3.50. The van der Waals surface area contributed by atoms with Gasteiger partial charge < -0.3 is 4.74 Å². The highest BCUT2D eigenvalue weighted by atomic mass is 32.2. The summed E-state index contributed by atoms with van der Waals surface area (Å²) in [7, 11) is -3.50. The molecular weight excluding hydrogens is 484 g/mol. The lowest BCUT2D eigenvalue weighted by Crippen LogP contribution is -2.49. The molecule has 2 aromatic carbocycles. The van der Waals surface area contributed by atoms with E-state index in [-0.39, 0.29) is 12.1 Å². The van der Waals surface area contributed by atoms with Crippen LogP contribution in [0.2, 0.25) is 0 Å². The summed E-state index contributed by atoms with van der Waals surface area (Å²) in [6.07, 6.45) is 8.03. The van der Waals surface area contributed by atoms with Crippen molar-refractivity contribution in [3.8, 4) is 5.88 Å². The molecule has 0 radical (unpaired) electrons. The number of para-hydroxylation sites is 1. The average molecular weight is 523 g/mol. The first-order valence-electron chi connectivity index (χ1n) is 13.7. The number of hydrogen-bond acceptors (Lipinski definition) is 6. The number of piperazine rings is 1. The third kappa shape index (κ3) is 5.81. The molecular formula is C29H38N4O3S. The van der Waals surface area contributed by atoms with Crippen molar-refractivity contribution >= 4 is 20.9 Å². The minimum absolute atomic E-state index is 0.0449. The monoisotopic (exact) mass is 522 g/mol. The van der Waals surface area contributed by atoms with Crippen LogP contribution in [0.5, 0.6) is 5.88 Å². The molecule has 1 saturated heterocycles. The van der Waals surface area contributed by atoms with Gasteiger partial charge in [-0.3, -0.25) is 4.90 Å². The van der Waals surface area contributed by atoms with E-state index < -0.39 is 10.0 Å². The highest BCUT2D eigenvalue weighted by molar-refractivity contribution is 7.89. The van der Waals surface area contributed by atoms with Crippen LogP contribution < -0.4 is 4.74 Å². The molecule has 1 aliphatic heterocycles. The lowest BCUT2D eigenvalue weighted by molar-refractivity contribution is 0.135. The summed E-state index contributed by atoms with van der Waals surface area (Å²) < 4.78 is 34.5. The van der Waals surface area contributed by atoms with Gasteiger partial charge in [-0.25, -0.2) is 13.4 Å². The Labute approximate surface area is 220 Å². The van der Waals surface area contributed by atoms with Crippen molar-refractivity contribution in [1.82, 2.24) is 19.2 Å². The van der Waals surface area contributed by atoms with Gasteiger partial charge in [-0.1, -0.05) is 44.0 Å². The Morgan fingerprint density at radius 3 is 2.35 bits per heavy atom. The van der Waals surface area contributed by atoms with E-state index in [1.165, 1.54) is 24.8 Å². The number of nitrogens with zero attached hydrogens (tertiary/aromatic N) is 4. The molecule has 1 aromatic heterocycles. The van der Waals surface area contributed by atoms with Gasteiger partial charge in [-0.15, -0.1) is 0 Å². The van der Waals surface area contributed by atoms with E-state index in [9.17, 15) is 8.42 Å². The van der Waals surface area contributed by atoms with Crippen molar-refractivity contribution in [3.63, 3.8) is 0 Å². The molecule has 2 heterocycles. The molecule has 0 spiro atoms. The number of rotatable bonds is 8. The fourth-order valence-corrected chi connectivity index (χ4v) is 6.86. The van der Waals surface area contributed by atoms with Gasteiger partial charge in [0, 0.05) is 26.2 Å². The lowest BCUT2D eigenvalue weighted by atomic mass is 9.98. The molecule has 0 bridgehead atoms. The van der Waals surface area contributed by atoms with Crippen LogP contribution in [0.15, 0.2) is 53.4 Å². The largest absolute Gasteiger partial charge is 0.474 e. The van der Waals surface area contributed by atoms with E-state index in [0.717, 1.165) is 42.4 Å². The van der Waals surface area contributed by atoms with Crippen molar-refractivity contribution in [3.05, 3.63) is 59.9 Å². The molecule has 5 rings (SSSR count). The molecule has 8 heteroatoms. The van der Waals surface area contributed by atoms with Crippen molar-refractivity contribution in [2.75, 3.05) is 26.2 Å². The van der Waals surface area contributed by atoms with E-state index >= 15 is 0 Å². The SMILES string of the molecule is CCCc1ccc(S(=O)(=O)N2CCN(C(C)c3nc(OC4CCCCC4)c4ccccc4n3)CC2)cc1. The van der Waals surface area contributed by atoms with Gasteiger partial charge in [0.25, 0.3) is 0 Å². The topological polar surface area (TPSA) is 75.6 Å². The minimum Gasteiger partial charge on any atom is -0.474 e. The Bertz CT molecular complexity index is 1300. The molecule has 1 saturated carbocycles. The smallest absolute Gasteiger partial charge is 0.243 e. The summed E-state index contributed by atoms with van der Waals surface area (Å²) >= 11 is 0. The summed E-state index contributed by atoms with van der Waals surface area (Å²) in [4.78, 5) is 12.4. The fraction of sp³-hybridized carbons (Fsp3) is 0.517. The van der Waals surface area contributed by atoms with E-state index in [2.05, 4.69) is 18.7 Å². The van der Waals surface area contributed by atoms with Crippen LogP contribution in [0.1, 0.15) is 69.8 Å². The van der Waals surface area contributed by atoms with E-state index in [0.29, 0.717) is 37.0 Å². The number of aromatic nitrogens is 2. The van der Waals surface area contributed by atoms with Crippen molar-refractivity contribution in [2.24, 2.45) is 0 Å². The molecule has 1 atom stereocenters. The lowest BCUT2D eigenvalue weighted by Gasteiger charge is -2.37. The number of aryl methyl sites for hydroxylation is 1. The average Bonchev–Trinajstić information content (AvgIpc) is 2.94. The van der Waals surface area contributed by atoms with Crippen LogP contribution in [0.25, 0.3) is 10.9 Å². The summed E-state index contributed by atoms with van der Waals surface area (Å²) in [6, 6.07) is 15.3. The molecule has 0 amide bonds. The highest BCUT2D eigenvalue weighted by Crippen LogP contribution is 2.30. The molecule has 37 heavy (non-hydrogen) atoms. The fourth-order valence-electron chi connectivity index (χ4n) is 5.44. The van der Waals surface area contributed by atoms with Crippen molar-refractivity contribution in [2.45, 2.75) is 75.8 Å². The van der Waals surface area contributed by atoms with Crippen LogP contribution in [-0.2, 0) is 16.4 Å². The number of ether oxygens (including phenoxy) is 1. The Hall–Kier alpha value is -2.55. The van der Waals surface area contributed by atoms with Gasteiger partial charge in [0.1, 0.15) is 11.9 Å². The third-order valence-corrected chi connectivity index (χ3v) is 9.62. The summed E-state index contributed by atoms with van der Waals surface area (Å²) in [5.41, 5.74) is 2.06. The standard InChI is InChI=1S/C29H38N4O3S/c1-3-9-23-14-16-25(17-15-23)37(34,35)33-20-18-32(19-21-33)22(2)28-30-27-13-8-7-12-26(27)29(31-28)36-24-10-5-4-6-11-24/h7-8,12-17,22,24H,3-6,9-11,18-21H2,1-2H3. The second kappa shape index (κ2) is 11.5.